The first-order valence-electron chi connectivity index (χ1n) is 9.35. The van der Waals surface area contributed by atoms with Crippen molar-refractivity contribution < 1.29 is 9.53 Å². The summed E-state index contributed by atoms with van der Waals surface area (Å²) in [5.74, 6) is 0.0594. The van der Waals surface area contributed by atoms with Gasteiger partial charge in [0.2, 0.25) is 0 Å². The number of benzene rings is 1. The summed E-state index contributed by atoms with van der Waals surface area (Å²) in [5, 5.41) is 13.6. The predicted octanol–water partition coefficient (Wildman–Crippen LogP) is 1.55. The fourth-order valence-electron chi connectivity index (χ4n) is 3.90. The number of hydrogen-bond donors (Lipinski definition) is 1. The molecule has 2 saturated heterocycles. The zero-order valence-corrected chi connectivity index (χ0v) is 16.6. The van der Waals surface area contributed by atoms with Crippen LogP contribution in [0.15, 0.2) is 30.5 Å². The summed E-state index contributed by atoms with van der Waals surface area (Å²) >= 11 is 0. The average molecular weight is 402 g/mol. The maximum absolute atomic E-state index is 12.9. The monoisotopic (exact) mass is 401 g/mol. The number of nitriles is 1. The predicted molar refractivity (Wildman–Crippen MR) is 110 cm³/mol. The van der Waals surface area contributed by atoms with Crippen LogP contribution in [0.5, 0.6) is 0 Å². The molecule has 0 saturated carbocycles. The normalized spacial score (nSPS) is 22.4. The summed E-state index contributed by atoms with van der Waals surface area (Å²) in [5.41, 5.74) is 2.25. The van der Waals surface area contributed by atoms with Crippen molar-refractivity contribution in [1.82, 2.24) is 15.2 Å². The second-order valence-corrected chi connectivity index (χ2v) is 7.06. The van der Waals surface area contributed by atoms with Crippen molar-refractivity contribution in [2.24, 2.45) is 0 Å². The molecule has 4 rings (SSSR count). The van der Waals surface area contributed by atoms with Crippen LogP contribution >= 0.6 is 12.4 Å². The number of piperazine rings is 1. The largest absolute Gasteiger partial charge is 0.365 e. The molecule has 8 heteroatoms. The highest BCUT2D eigenvalue weighted by atomic mass is 35.5. The van der Waals surface area contributed by atoms with Gasteiger partial charge in [0.15, 0.2) is 6.10 Å². The number of anilines is 1. The summed E-state index contributed by atoms with van der Waals surface area (Å²) in [6.45, 7) is 6.28. The maximum Gasteiger partial charge on any atom is 0.253 e. The Morgan fingerprint density at radius 1 is 1.29 bits per heavy atom. The quantitative estimate of drug-likeness (QED) is 0.822. The van der Waals surface area contributed by atoms with E-state index in [1.165, 1.54) is 0 Å². The minimum absolute atomic E-state index is 0. The number of amides is 1. The van der Waals surface area contributed by atoms with Gasteiger partial charge in [-0.15, -0.1) is 12.4 Å². The smallest absolute Gasteiger partial charge is 0.253 e. The molecule has 2 aromatic rings. The summed E-state index contributed by atoms with van der Waals surface area (Å²) in [7, 11) is 0. The van der Waals surface area contributed by atoms with Crippen LogP contribution in [-0.2, 0) is 9.53 Å². The minimum atomic E-state index is -0.478. The number of nitrogens with one attached hydrogen (secondary N) is 1. The van der Waals surface area contributed by atoms with E-state index in [1.54, 1.807) is 12.3 Å². The Morgan fingerprint density at radius 3 is 2.82 bits per heavy atom. The van der Waals surface area contributed by atoms with Gasteiger partial charge in [-0.2, -0.15) is 5.26 Å². The number of carbonyl (C=O) groups excluding carboxylic acids is 1. The number of carbonyl (C=O) groups is 1. The molecule has 1 N–H and O–H groups in total. The zero-order valence-electron chi connectivity index (χ0n) is 15.8. The standard InChI is InChI=1S/C20H23N5O2.ClH/c1-14-12-25(13-18(27-14)20(26)24-9-7-22-8-10-24)17-5-4-15(11-21)19-16(17)3-2-6-23-19;/h2-6,14,18,22H,7-10,12-13H2,1H3;1H/t14-,18-;/m1./s1. The van der Waals surface area contributed by atoms with Crippen molar-refractivity contribution in [3.63, 3.8) is 0 Å². The number of aromatic nitrogens is 1. The van der Waals surface area contributed by atoms with Crippen LogP contribution in [0.2, 0.25) is 0 Å². The van der Waals surface area contributed by atoms with Gasteiger partial charge in [0.25, 0.3) is 5.91 Å². The van der Waals surface area contributed by atoms with Crippen LogP contribution in [-0.4, -0.2) is 67.3 Å². The van der Waals surface area contributed by atoms with E-state index in [2.05, 4.69) is 21.3 Å². The van der Waals surface area contributed by atoms with Crippen molar-refractivity contribution in [2.75, 3.05) is 44.2 Å². The van der Waals surface area contributed by atoms with Gasteiger partial charge in [0.05, 0.1) is 23.7 Å². The molecule has 1 aromatic heterocycles. The number of morpholine rings is 1. The molecule has 1 aromatic carbocycles. The second-order valence-electron chi connectivity index (χ2n) is 7.06. The Bertz CT molecular complexity index is 894. The number of hydrogen-bond acceptors (Lipinski definition) is 6. The Hall–Kier alpha value is -2.40. The molecular formula is C20H24ClN5O2. The highest BCUT2D eigenvalue weighted by Gasteiger charge is 2.34. The Morgan fingerprint density at radius 2 is 2.07 bits per heavy atom. The first-order chi connectivity index (χ1) is 13.2. The van der Waals surface area contributed by atoms with E-state index >= 15 is 0 Å². The number of fused-ring (bicyclic) bond motifs is 1. The summed E-state index contributed by atoms with van der Waals surface area (Å²) in [6, 6.07) is 9.81. The Labute approximate surface area is 170 Å². The van der Waals surface area contributed by atoms with Crippen LogP contribution < -0.4 is 10.2 Å². The van der Waals surface area contributed by atoms with Gasteiger partial charge >= 0.3 is 0 Å². The van der Waals surface area contributed by atoms with Crippen LogP contribution in [0.3, 0.4) is 0 Å². The molecule has 3 heterocycles. The molecule has 0 unspecified atom stereocenters. The first kappa shape index (κ1) is 20.3. The van der Waals surface area contributed by atoms with E-state index in [-0.39, 0.29) is 24.4 Å². The van der Waals surface area contributed by atoms with E-state index in [4.69, 9.17) is 4.74 Å². The second kappa shape index (κ2) is 8.74. The zero-order chi connectivity index (χ0) is 18.8. The molecule has 2 aliphatic rings. The number of nitrogens with zero attached hydrogens (tertiary/aromatic N) is 4. The minimum Gasteiger partial charge on any atom is -0.365 e. The Balaban J connectivity index is 0.00000225. The molecule has 0 spiro atoms. The Kier molecular flexibility index (Phi) is 6.35. The third kappa shape index (κ3) is 3.90. The van der Waals surface area contributed by atoms with E-state index < -0.39 is 6.10 Å². The number of rotatable bonds is 2. The summed E-state index contributed by atoms with van der Waals surface area (Å²) < 4.78 is 5.99. The lowest BCUT2D eigenvalue weighted by Crippen LogP contribution is -2.56. The van der Waals surface area contributed by atoms with E-state index in [1.807, 2.05) is 30.0 Å². The van der Waals surface area contributed by atoms with E-state index in [0.29, 0.717) is 24.2 Å². The third-order valence-electron chi connectivity index (χ3n) is 5.17. The fourth-order valence-corrected chi connectivity index (χ4v) is 3.90. The molecule has 0 radical (unpaired) electrons. The topological polar surface area (TPSA) is 81.5 Å². The highest BCUT2D eigenvalue weighted by Crippen LogP contribution is 2.30. The van der Waals surface area contributed by atoms with Crippen molar-refractivity contribution in [1.29, 1.82) is 5.26 Å². The average Bonchev–Trinajstić information content (AvgIpc) is 2.72. The third-order valence-corrected chi connectivity index (χ3v) is 5.17. The van der Waals surface area contributed by atoms with Crippen molar-refractivity contribution >= 4 is 34.9 Å². The van der Waals surface area contributed by atoms with Crippen molar-refractivity contribution in [3.05, 3.63) is 36.0 Å². The van der Waals surface area contributed by atoms with Crippen molar-refractivity contribution in [2.45, 2.75) is 19.1 Å². The molecule has 0 aliphatic carbocycles. The molecule has 2 fully saturated rings. The van der Waals surface area contributed by atoms with Gasteiger partial charge in [-0.25, -0.2) is 0 Å². The lowest BCUT2D eigenvalue weighted by Gasteiger charge is -2.40. The summed E-state index contributed by atoms with van der Waals surface area (Å²) in [4.78, 5) is 21.4. The molecule has 148 valence electrons. The van der Waals surface area contributed by atoms with Crippen LogP contribution in [0.1, 0.15) is 12.5 Å². The van der Waals surface area contributed by atoms with Crippen LogP contribution in [0, 0.1) is 11.3 Å². The molecule has 7 nitrogen and oxygen atoms in total. The summed E-state index contributed by atoms with van der Waals surface area (Å²) in [6.07, 6.45) is 1.17. The SMILES string of the molecule is C[C@@H]1CN(c2ccc(C#N)c3ncccc23)C[C@H](C(=O)N2CCNCC2)O1.Cl. The van der Waals surface area contributed by atoms with Crippen LogP contribution in [0.4, 0.5) is 5.69 Å². The molecular weight excluding hydrogens is 378 g/mol. The van der Waals surface area contributed by atoms with Gasteiger partial charge in [0.1, 0.15) is 6.07 Å². The maximum atomic E-state index is 12.9. The lowest BCUT2D eigenvalue weighted by atomic mass is 10.1. The highest BCUT2D eigenvalue weighted by molar-refractivity contribution is 5.95. The molecule has 2 aliphatic heterocycles. The lowest BCUT2D eigenvalue weighted by molar-refractivity contribution is -0.148. The first-order valence-corrected chi connectivity index (χ1v) is 9.35. The van der Waals surface area contributed by atoms with Gasteiger partial charge in [-0.3, -0.25) is 9.78 Å². The number of halogens is 1. The molecule has 2 atom stereocenters. The van der Waals surface area contributed by atoms with E-state index in [0.717, 1.165) is 37.3 Å². The van der Waals surface area contributed by atoms with Crippen molar-refractivity contribution in [3.8, 4) is 6.07 Å². The van der Waals surface area contributed by atoms with Crippen LogP contribution in [0.25, 0.3) is 10.9 Å². The molecule has 0 bridgehead atoms. The molecule has 28 heavy (non-hydrogen) atoms. The number of ether oxygens (including phenoxy) is 1. The molecule has 1 amide bonds. The van der Waals surface area contributed by atoms with Gasteiger partial charge < -0.3 is 19.9 Å². The van der Waals surface area contributed by atoms with E-state index in [9.17, 15) is 10.1 Å². The van der Waals surface area contributed by atoms with Gasteiger partial charge in [-0.1, -0.05) is 0 Å². The number of pyridine rings is 1. The fraction of sp³-hybridized carbons (Fsp3) is 0.450. The van der Waals surface area contributed by atoms with Gasteiger partial charge in [-0.05, 0) is 31.2 Å². The van der Waals surface area contributed by atoms with Gasteiger partial charge in [0, 0.05) is 50.0 Å².